The molecular formula is C27H32F2N6O2. The van der Waals surface area contributed by atoms with E-state index >= 15 is 4.39 Å². The van der Waals surface area contributed by atoms with Crippen LogP contribution in [0.3, 0.4) is 0 Å². The van der Waals surface area contributed by atoms with Gasteiger partial charge < -0.3 is 24.6 Å². The lowest BCUT2D eigenvalue weighted by molar-refractivity contribution is 0.0819. The van der Waals surface area contributed by atoms with Gasteiger partial charge in [0, 0.05) is 31.8 Å². The summed E-state index contributed by atoms with van der Waals surface area (Å²) in [5, 5.41) is 3.03. The van der Waals surface area contributed by atoms with E-state index in [4.69, 9.17) is 9.47 Å². The monoisotopic (exact) mass is 510 g/mol. The minimum Gasteiger partial charge on any atom is -0.484 e. The third-order valence-electron chi connectivity index (χ3n) is 6.88. The number of pyridine rings is 1. The van der Waals surface area contributed by atoms with Crippen molar-refractivity contribution in [2.45, 2.75) is 51.9 Å². The highest BCUT2D eigenvalue weighted by molar-refractivity contribution is 5.73. The maximum atomic E-state index is 15.1. The standard InChI is InChI=1S/C27H32F2N6O2/c1-16(2)35-15-17(3)37-26-21(28)11-18(12-23(26)35)25-22(29)14-31-27(33-25)32-24-6-5-19(13-30-24)34-9-7-20(36-4)8-10-34/h5-6,11-14,16-17,20H,7-10,15H2,1-4H3,(H,30,31,32,33). The highest BCUT2D eigenvalue weighted by Crippen LogP contribution is 2.40. The number of ether oxygens (including phenoxy) is 2. The fraction of sp³-hybridized carbons (Fsp3) is 0.444. The van der Waals surface area contributed by atoms with Gasteiger partial charge in [0.05, 0.1) is 36.4 Å². The van der Waals surface area contributed by atoms with Crippen LogP contribution in [0.2, 0.25) is 0 Å². The van der Waals surface area contributed by atoms with E-state index < -0.39 is 11.6 Å². The number of piperidine rings is 1. The Kier molecular flexibility index (Phi) is 7.10. The highest BCUT2D eigenvalue weighted by atomic mass is 19.1. The van der Waals surface area contributed by atoms with Gasteiger partial charge in [0.2, 0.25) is 5.95 Å². The molecule has 0 amide bonds. The Morgan fingerprint density at radius 1 is 1.08 bits per heavy atom. The predicted octanol–water partition coefficient (Wildman–Crippen LogP) is 5.17. The van der Waals surface area contributed by atoms with Crippen molar-refractivity contribution < 1.29 is 18.3 Å². The van der Waals surface area contributed by atoms with Crippen molar-refractivity contribution >= 4 is 23.1 Å². The van der Waals surface area contributed by atoms with Crippen LogP contribution in [0.1, 0.15) is 33.6 Å². The Hall–Kier alpha value is -3.53. The highest BCUT2D eigenvalue weighted by Gasteiger charge is 2.29. The molecule has 0 saturated carbocycles. The fourth-order valence-corrected chi connectivity index (χ4v) is 4.89. The second-order valence-electron chi connectivity index (χ2n) is 9.82. The van der Waals surface area contributed by atoms with Crippen LogP contribution in [0.25, 0.3) is 11.3 Å². The van der Waals surface area contributed by atoms with Crippen molar-refractivity contribution in [3.63, 3.8) is 0 Å². The van der Waals surface area contributed by atoms with Crippen LogP contribution in [0.4, 0.5) is 31.9 Å². The molecule has 1 N–H and O–H groups in total. The molecule has 2 aromatic heterocycles. The Morgan fingerprint density at radius 3 is 2.54 bits per heavy atom. The van der Waals surface area contributed by atoms with E-state index in [9.17, 15) is 4.39 Å². The topological polar surface area (TPSA) is 75.6 Å². The first kappa shape index (κ1) is 25.1. The Bertz CT molecular complexity index is 1250. The summed E-state index contributed by atoms with van der Waals surface area (Å²) in [5.74, 6) is -0.322. The number of hydrogen-bond donors (Lipinski definition) is 1. The van der Waals surface area contributed by atoms with Gasteiger partial charge in [0.25, 0.3) is 0 Å². The van der Waals surface area contributed by atoms with Crippen LogP contribution in [-0.2, 0) is 4.74 Å². The first-order valence-electron chi connectivity index (χ1n) is 12.6. The smallest absolute Gasteiger partial charge is 0.229 e. The van der Waals surface area contributed by atoms with Crippen molar-refractivity contribution in [1.29, 1.82) is 0 Å². The summed E-state index contributed by atoms with van der Waals surface area (Å²) >= 11 is 0. The van der Waals surface area contributed by atoms with Crippen LogP contribution in [0.5, 0.6) is 5.75 Å². The summed E-state index contributed by atoms with van der Waals surface area (Å²) in [6.07, 6.45) is 4.98. The van der Waals surface area contributed by atoms with Gasteiger partial charge in [-0.15, -0.1) is 0 Å². The number of anilines is 4. The molecule has 196 valence electrons. The molecule has 0 radical (unpaired) electrons. The van der Waals surface area contributed by atoms with E-state index in [1.54, 1.807) is 19.4 Å². The maximum absolute atomic E-state index is 15.1. The van der Waals surface area contributed by atoms with Crippen LogP contribution in [-0.4, -0.2) is 59.9 Å². The van der Waals surface area contributed by atoms with Gasteiger partial charge in [-0.25, -0.2) is 23.7 Å². The second-order valence-corrected chi connectivity index (χ2v) is 9.82. The van der Waals surface area contributed by atoms with Crippen molar-refractivity contribution in [2.75, 3.05) is 41.9 Å². The summed E-state index contributed by atoms with van der Waals surface area (Å²) in [6.45, 7) is 8.38. The van der Waals surface area contributed by atoms with Gasteiger partial charge >= 0.3 is 0 Å². The van der Waals surface area contributed by atoms with Crippen molar-refractivity contribution in [3.8, 4) is 17.0 Å². The normalized spacial score (nSPS) is 18.1. The molecule has 5 rings (SSSR count). The zero-order valence-electron chi connectivity index (χ0n) is 21.5. The first-order chi connectivity index (χ1) is 17.8. The lowest BCUT2D eigenvalue weighted by atomic mass is 10.1. The molecule has 10 heteroatoms. The molecule has 1 aromatic carbocycles. The SMILES string of the molecule is COC1CCN(c2ccc(Nc3ncc(F)c(-c4cc(F)c5c(c4)N(C(C)C)CC(C)O5)n3)nc2)CC1. The summed E-state index contributed by atoms with van der Waals surface area (Å²) in [6, 6.07) is 6.91. The van der Waals surface area contributed by atoms with Gasteiger partial charge in [-0.2, -0.15) is 0 Å². The molecule has 1 saturated heterocycles. The number of aromatic nitrogens is 3. The number of hydrogen-bond acceptors (Lipinski definition) is 8. The molecule has 8 nitrogen and oxygen atoms in total. The maximum Gasteiger partial charge on any atom is 0.229 e. The molecule has 0 aliphatic carbocycles. The van der Waals surface area contributed by atoms with Gasteiger partial charge in [-0.1, -0.05) is 0 Å². The van der Waals surface area contributed by atoms with Gasteiger partial charge in [0.1, 0.15) is 17.6 Å². The molecule has 0 bridgehead atoms. The Morgan fingerprint density at radius 2 is 1.86 bits per heavy atom. The van der Waals surface area contributed by atoms with Gasteiger partial charge in [-0.3, -0.25) is 0 Å². The lowest BCUT2D eigenvalue weighted by Gasteiger charge is -2.38. The number of fused-ring (bicyclic) bond motifs is 1. The van der Waals surface area contributed by atoms with Crippen LogP contribution in [0, 0.1) is 11.6 Å². The molecule has 1 atom stereocenters. The van der Waals surface area contributed by atoms with Gasteiger partial charge in [-0.05, 0) is 57.9 Å². The number of benzene rings is 1. The summed E-state index contributed by atoms with van der Waals surface area (Å²) < 4.78 is 41.1. The largest absolute Gasteiger partial charge is 0.484 e. The summed E-state index contributed by atoms with van der Waals surface area (Å²) in [4.78, 5) is 17.2. The van der Waals surface area contributed by atoms with Crippen LogP contribution >= 0.6 is 0 Å². The van der Waals surface area contributed by atoms with E-state index in [0.717, 1.165) is 37.8 Å². The summed E-state index contributed by atoms with van der Waals surface area (Å²) in [5.41, 5.74) is 1.92. The lowest BCUT2D eigenvalue weighted by Crippen LogP contribution is -2.42. The van der Waals surface area contributed by atoms with E-state index in [-0.39, 0.29) is 29.5 Å². The molecule has 37 heavy (non-hydrogen) atoms. The van der Waals surface area contributed by atoms with E-state index in [2.05, 4.69) is 30.1 Å². The number of nitrogens with zero attached hydrogens (tertiary/aromatic N) is 5. The minimum absolute atomic E-state index is 0.000776. The average molecular weight is 511 g/mol. The predicted molar refractivity (Wildman–Crippen MR) is 140 cm³/mol. The number of methoxy groups -OCH3 is 1. The molecular weight excluding hydrogens is 478 g/mol. The third-order valence-corrected chi connectivity index (χ3v) is 6.88. The molecule has 3 aromatic rings. The second kappa shape index (κ2) is 10.5. The molecule has 0 spiro atoms. The fourth-order valence-electron chi connectivity index (χ4n) is 4.89. The molecule has 2 aliphatic heterocycles. The Labute approximate surface area is 215 Å². The molecule has 1 fully saturated rings. The summed E-state index contributed by atoms with van der Waals surface area (Å²) in [7, 11) is 1.75. The quantitative estimate of drug-likeness (QED) is 0.487. The van der Waals surface area contributed by atoms with E-state index in [0.29, 0.717) is 29.7 Å². The minimum atomic E-state index is -0.645. The molecule has 1 unspecified atom stereocenters. The zero-order valence-corrected chi connectivity index (χ0v) is 21.5. The number of halogens is 2. The van der Waals surface area contributed by atoms with Crippen molar-refractivity contribution in [2.24, 2.45) is 0 Å². The zero-order chi connectivity index (χ0) is 26.1. The van der Waals surface area contributed by atoms with Crippen LogP contribution in [0.15, 0.2) is 36.7 Å². The van der Waals surface area contributed by atoms with Crippen LogP contribution < -0.4 is 19.9 Å². The van der Waals surface area contributed by atoms with Crippen molar-refractivity contribution in [3.05, 3.63) is 48.3 Å². The molecule has 4 heterocycles. The van der Waals surface area contributed by atoms with Gasteiger partial charge in [0.15, 0.2) is 17.4 Å². The van der Waals surface area contributed by atoms with E-state index in [1.165, 1.54) is 6.07 Å². The first-order valence-corrected chi connectivity index (χ1v) is 12.6. The molecule has 2 aliphatic rings. The van der Waals surface area contributed by atoms with Crippen molar-refractivity contribution in [1.82, 2.24) is 15.0 Å². The Balaban J connectivity index is 1.37. The third kappa shape index (κ3) is 5.29. The van der Waals surface area contributed by atoms with E-state index in [1.807, 2.05) is 32.9 Å². The number of rotatable bonds is 6. The average Bonchev–Trinajstić information content (AvgIpc) is 2.90. The number of nitrogens with one attached hydrogen (secondary N) is 1.